The molecule has 0 amide bonds. The SMILES string of the molecule is c1ccc(-c2n[nH]c3c2CCN(CC2[C@H]4CNC[C@@H]24)CC3)cc1. The van der Waals surface area contributed by atoms with E-state index in [1.54, 1.807) is 0 Å². The molecule has 5 rings (SSSR count). The van der Waals surface area contributed by atoms with E-state index in [0.29, 0.717) is 0 Å². The summed E-state index contributed by atoms with van der Waals surface area (Å²) in [4.78, 5) is 2.69. The minimum Gasteiger partial charge on any atom is -0.316 e. The molecule has 2 fully saturated rings. The molecule has 3 atom stereocenters. The number of H-pyrrole nitrogens is 1. The van der Waals surface area contributed by atoms with Crippen molar-refractivity contribution in [1.82, 2.24) is 20.4 Å². The minimum absolute atomic E-state index is 0.958. The number of hydrogen-bond donors (Lipinski definition) is 2. The van der Waals surface area contributed by atoms with Crippen molar-refractivity contribution in [2.45, 2.75) is 12.8 Å². The van der Waals surface area contributed by atoms with Crippen molar-refractivity contribution in [3.63, 3.8) is 0 Å². The highest BCUT2D eigenvalue weighted by Crippen LogP contribution is 2.49. The monoisotopic (exact) mass is 308 g/mol. The lowest BCUT2D eigenvalue weighted by molar-refractivity contribution is 0.262. The van der Waals surface area contributed by atoms with E-state index in [1.807, 2.05) is 0 Å². The summed E-state index contributed by atoms with van der Waals surface area (Å²) in [6.45, 7) is 6.16. The van der Waals surface area contributed by atoms with Crippen LogP contribution in [0.25, 0.3) is 11.3 Å². The largest absolute Gasteiger partial charge is 0.316 e. The normalized spacial score (nSPS) is 29.8. The number of benzene rings is 1. The van der Waals surface area contributed by atoms with Crippen molar-refractivity contribution in [2.75, 3.05) is 32.7 Å². The molecule has 1 saturated heterocycles. The number of nitrogens with zero attached hydrogens (tertiary/aromatic N) is 2. The second kappa shape index (κ2) is 5.46. The van der Waals surface area contributed by atoms with Crippen molar-refractivity contribution in [3.8, 4) is 11.3 Å². The Morgan fingerprint density at radius 3 is 2.65 bits per heavy atom. The highest BCUT2D eigenvalue weighted by Gasteiger charge is 2.52. The molecule has 120 valence electrons. The third kappa shape index (κ3) is 2.41. The molecule has 4 heteroatoms. The molecule has 0 radical (unpaired) electrons. The predicted molar refractivity (Wildman–Crippen MR) is 91.2 cm³/mol. The summed E-state index contributed by atoms with van der Waals surface area (Å²) < 4.78 is 0. The molecule has 1 saturated carbocycles. The molecule has 3 aliphatic rings. The molecule has 2 aromatic rings. The summed E-state index contributed by atoms with van der Waals surface area (Å²) in [7, 11) is 0. The van der Waals surface area contributed by atoms with Crippen LogP contribution in [0.15, 0.2) is 30.3 Å². The molecule has 0 spiro atoms. The van der Waals surface area contributed by atoms with Crippen LogP contribution in [0, 0.1) is 17.8 Å². The molecule has 0 bridgehead atoms. The Bertz CT molecular complexity index is 683. The van der Waals surface area contributed by atoms with E-state index in [9.17, 15) is 0 Å². The van der Waals surface area contributed by atoms with Crippen LogP contribution in [-0.4, -0.2) is 47.8 Å². The van der Waals surface area contributed by atoms with Gasteiger partial charge in [-0.15, -0.1) is 0 Å². The third-order valence-electron chi connectivity index (χ3n) is 6.09. The lowest BCUT2D eigenvalue weighted by atomic mass is 10.0. The minimum atomic E-state index is 0.958. The lowest BCUT2D eigenvalue weighted by Crippen LogP contribution is -2.31. The number of rotatable bonds is 3. The molecule has 1 aromatic heterocycles. The molecule has 1 aromatic carbocycles. The smallest absolute Gasteiger partial charge is 0.0955 e. The summed E-state index contributed by atoms with van der Waals surface area (Å²) in [6, 6.07) is 10.6. The van der Waals surface area contributed by atoms with Crippen LogP contribution < -0.4 is 5.32 Å². The van der Waals surface area contributed by atoms with E-state index < -0.39 is 0 Å². The Kier molecular flexibility index (Phi) is 3.27. The number of fused-ring (bicyclic) bond motifs is 2. The maximum Gasteiger partial charge on any atom is 0.0955 e. The van der Waals surface area contributed by atoms with Crippen molar-refractivity contribution in [2.24, 2.45) is 17.8 Å². The average molecular weight is 308 g/mol. The van der Waals surface area contributed by atoms with Crippen LogP contribution in [0.5, 0.6) is 0 Å². The number of aromatic nitrogens is 2. The summed E-state index contributed by atoms with van der Waals surface area (Å²) in [5, 5.41) is 11.4. The zero-order chi connectivity index (χ0) is 15.2. The quantitative estimate of drug-likeness (QED) is 0.911. The van der Waals surface area contributed by atoms with Crippen molar-refractivity contribution in [1.29, 1.82) is 0 Å². The molecule has 23 heavy (non-hydrogen) atoms. The standard InChI is InChI=1S/C19H24N4/c1-2-4-13(5-3-1)19-14-6-8-23(9-7-18(14)21-22-19)12-17-15-10-20-11-16(15)17/h1-5,15-17,20H,6-12H2,(H,21,22)/t15-,16+,17?. The number of piperidine rings is 1. The van der Waals surface area contributed by atoms with Crippen LogP contribution in [-0.2, 0) is 12.8 Å². The first-order valence-corrected chi connectivity index (χ1v) is 8.95. The van der Waals surface area contributed by atoms with Gasteiger partial charge in [0.1, 0.15) is 0 Å². The van der Waals surface area contributed by atoms with Gasteiger partial charge in [0.25, 0.3) is 0 Å². The van der Waals surface area contributed by atoms with Gasteiger partial charge in [-0.1, -0.05) is 30.3 Å². The molecular formula is C19H24N4. The highest BCUT2D eigenvalue weighted by atomic mass is 15.2. The van der Waals surface area contributed by atoms with Crippen LogP contribution in [0.1, 0.15) is 11.3 Å². The van der Waals surface area contributed by atoms with E-state index in [1.165, 1.54) is 49.5 Å². The van der Waals surface area contributed by atoms with E-state index >= 15 is 0 Å². The molecular weight excluding hydrogens is 284 g/mol. The van der Waals surface area contributed by atoms with Crippen LogP contribution in [0.2, 0.25) is 0 Å². The first-order valence-electron chi connectivity index (χ1n) is 8.95. The number of hydrogen-bond acceptors (Lipinski definition) is 3. The Morgan fingerprint density at radius 2 is 1.83 bits per heavy atom. The molecule has 1 unspecified atom stereocenters. The molecule has 2 N–H and O–H groups in total. The molecule has 3 heterocycles. The summed E-state index contributed by atoms with van der Waals surface area (Å²) in [5.41, 5.74) is 5.19. The number of aromatic amines is 1. The van der Waals surface area contributed by atoms with Gasteiger partial charge in [-0.25, -0.2) is 0 Å². The van der Waals surface area contributed by atoms with Crippen LogP contribution >= 0.6 is 0 Å². The maximum atomic E-state index is 4.60. The van der Waals surface area contributed by atoms with Gasteiger partial charge in [0.15, 0.2) is 0 Å². The predicted octanol–water partition coefficient (Wildman–Crippen LogP) is 1.94. The summed E-state index contributed by atoms with van der Waals surface area (Å²) >= 11 is 0. The zero-order valence-corrected chi connectivity index (χ0v) is 13.5. The second-order valence-electron chi connectivity index (χ2n) is 7.35. The maximum absolute atomic E-state index is 4.60. The Balaban J connectivity index is 1.30. The van der Waals surface area contributed by atoms with E-state index in [2.05, 4.69) is 50.7 Å². The van der Waals surface area contributed by atoms with E-state index in [-0.39, 0.29) is 0 Å². The Morgan fingerprint density at radius 1 is 1.04 bits per heavy atom. The first-order chi connectivity index (χ1) is 11.4. The van der Waals surface area contributed by atoms with Gasteiger partial charge in [0.05, 0.1) is 5.69 Å². The fourth-order valence-corrected chi connectivity index (χ4v) is 4.66. The third-order valence-corrected chi connectivity index (χ3v) is 6.09. The van der Waals surface area contributed by atoms with E-state index in [4.69, 9.17) is 0 Å². The van der Waals surface area contributed by atoms with Crippen LogP contribution in [0.4, 0.5) is 0 Å². The molecule has 1 aliphatic carbocycles. The van der Waals surface area contributed by atoms with Gasteiger partial charge < -0.3 is 10.2 Å². The summed E-state index contributed by atoms with van der Waals surface area (Å²) in [5.74, 6) is 2.90. The van der Waals surface area contributed by atoms with Gasteiger partial charge >= 0.3 is 0 Å². The van der Waals surface area contributed by atoms with Gasteiger partial charge in [-0.3, -0.25) is 5.10 Å². The first kappa shape index (κ1) is 13.8. The van der Waals surface area contributed by atoms with Gasteiger partial charge in [-0.2, -0.15) is 5.10 Å². The fourth-order valence-electron chi connectivity index (χ4n) is 4.66. The van der Waals surface area contributed by atoms with Gasteiger partial charge in [-0.05, 0) is 37.3 Å². The van der Waals surface area contributed by atoms with E-state index in [0.717, 1.165) is 36.3 Å². The Hall–Kier alpha value is -1.65. The second-order valence-corrected chi connectivity index (χ2v) is 7.35. The summed E-state index contributed by atoms with van der Waals surface area (Å²) in [6.07, 6.45) is 2.23. The van der Waals surface area contributed by atoms with Gasteiger partial charge in [0.2, 0.25) is 0 Å². The van der Waals surface area contributed by atoms with Crippen molar-refractivity contribution in [3.05, 3.63) is 41.6 Å². The zero-order valence-electron chi connectivity index (χ0n) is 13.5. The number of nitrogens with one attached hydrogen (secondary N) is 2. The Labute approximate surface area is 137 Å². The van der Waals surface area contributed by atoms with Crippen molar-refractivity contribution >= 4 is 0 Å². The molecule has 4 nitrogen and oxygen atoms in total. The lowest BCUT2D eigenvalue weighted by Gasteiger charge is -2.20. The fraction of sp³-hybridized carbons (Fsp3) is 0.526. The molecule has 2 aliphatic heterocycles. The topological polar surface area (TPSA) is 44.0 Å². The average Bonchev–Trinajstić information content (AvgIpc) is 2.95. The van der Waals surface area contributed by atoms with Crippen LogP contribution in [0.3, 0.4) is 0 Å². The van der Waals surface area contributed by atoms with Gasteiger partial charge in [0, 0.05) is 42.9 Å². The highest BCUT2D eigenvalue weighted by molar-refractivity contribution is 5.64. The van der Waals surface area contributed by atoms with Crippen molar-refractivity contribution < 1.29 is 0 Å².